The second-order valence-corrected chi connectivity index (χ2v) is 7.04. The van der Waals surface area contributed by atoms with E-state index in [1.165, 1.54) is 25.0 Å². The molecule has 3 unspecified atom stereocenters. The first-order valence-electron chi connectivity index (χ1n) is 7.14. The number of hydrogen-bond donors (Lipinski definition) is 1. The van der Waals surface area contributed by atoms with E-state index in [-0.39, 0.29) is 0 Å². The molecule has 0 saturated heterocycles. The lowest BCUT2D eigenvalue weighted by Crippen LogP contribution is -2.44. The van der Waals surface area contributed by atoms with Crippen molar-refractivity contribution in [2.75, 3.05) is 0 Å². The lowest BCUT2D eigenvalue weighted by molar-refractivity contribution is 0.120. The van der Waals surface area contributed by atoms with Gasteiger partial charge in [-0.25, -0.2) is 4.98 Å². The molecular weight excluding hydrogens is 222 g/mol. The number of aryl methyl sites for hydroxylation is 1. The van der Waals surface area contributed by atoms with E-state index in [1.54, 1.807) is 0 Å². The second-order valence-electron chi connectivity index (χ2n) is 7.04. The monoisotopic (exact) mass is 247 g/mol. The van der Waals surface area contributed by atoms with Crippen LogP contribution >= 0.6 is 0 Å². The molecule has 2 saturated carbocycles. The standard InChI is InChI=1S/C15H25N3/c1-14(2)11-5-6-15(14,3)13(7-11)17-9-12-8-16-10-18(12)4/h8,10-11,13,17H,5-7,9H2,1-4H3. The third-order valence-corrected chi connectivity index (χ3v) is 6.24. The van der Waals surface area contributed by atoms with Crippen LogP contribution in [0.5, 0.6) is 0 Å². The molecule has 3 atom stereocenters. The number of imidazole rings is 1. The molecule has 0 aromatic carbocycles. The molecule has 1 heterocycles. The molecule has 2 aliphatic rings. The van der Waals surface area contributed by atoms with Crippen LogP contribution in [0.1, 0.15) is 45.7 Å². The summed E-state index contributed by atoms with van der Waals surface area (Å²) in [6, 6.07) is 0.668. The average Bonchev–Trinajstić information content (AvgIpc) is 2.87. The molecule has 0 spiro atoms. The Balaban J connectivity index is 1.71. The maximum absolute atomic E-state index is 4.18. The van der Waals surface area contributed by atoms with Crippen LogP contribution in [0.15, 0.2) is 12.5 Å². The maximum atomic E-state index is 4.18. The van der Waals surface area contributed by atoms with Crippen molar-refractivity contribution in [3.8, 4) is 0 Å². The van der Waals surface area contributed by atoms with Crippen LogP contribution < -0.4 is 5.32 Å². The van der Waals surface area contributed by atoms with E-state index >= 15 is 0 Å². The van der Waals surface area contributed by atoms with Gasteiger partial charge in [-0.1, -0.05) is 20.8 Å². The van der Waals surface area contributed by atoms with Gasteiger partial charge in [0.05, 0.1) is 12.0 Å². The maximum Gasteiger partial charge on any atom is 0.0945 e. The van der Waals surface area contributed by atoms with E-state index in [9.17, 15) is 0 Å². The molecule has 2 fully saturated rings. The topological polar surface area (TPSA) is 29.9 Å². The molecule has 3 rings (SSSR count). The Morgan fingerprint density at radius 2 is 2.22 bits per heavy atom. The van der Waals surface area contributed by atoms with Gasteiger partial charge in [-0.2, -0.15) is 0 Å². The van der Waals surface area contributed by atoms with Gasteiger partial charge in [-0.3, -0.25) is 0 Å². The van der Waals surface area contributed by atoms with Gasteiger partial charge in [0, 0.05) is 25.8 Å². The zero-order valence-electron chi connectivity index (χ0n) is 12.0. The molecule has 1 aromatic heterocycles. The highest BCUT2D eigenvalue weighted by Crippen LogP contribution is 2.65. The van der Waals surface area contributed by atoms with E-state index in [0.717, 1.165) is 12.5 Å². The Bertz CT molecular complexity index is 448. The lowest BCUT2D eigenvalue weighted by atomic mass is 9.69. The van der Waals surface area contributed by atoms with Crippen molar-refractivity contribution < 1.29 is 0 Å². The molecule has 0 aliphatic heterocycles. The Kier molecular flexibility index (Phi) is 2.60. The second kappa shape index (κ2) is 3.83. The van der Waals surface area contributed by atoms with Gasteiger partial charge in [-0.15, -0.1) is 0 Å². The SMILES string of the molecule is Cn1cncc1CNC1CC2CCC1(C)C2(C)C. The molecule has 18 heavy (non-hydrogen) atoms. The Hall–Kier alpha value is -0.830. The summed E-state index contributed by atoms with van der Waals surface area (Å²) in [5.41, 5.74) is 2.24. The Morgan fingerprint density at radius 3 is 2.72 bits per heavy atom. The van der Waals surface area contributed by atoms with E-state index in [2.05, 4.69) is 42.7 Å². The lowest BCUT2D eigenvalue weighted by Gasteiger charge is -2.39. The predicted octanol–water partition coefficient (Wildman–Crippen LogP) is 2.72. The van der Waals surface area contributed by atoms with Crippen molar-refractivity contribution in [2.24, 2.45) is 23.8 Å². The van der Waals surface area contributed by atoms with Crippen LogP contribution in [0.3, 0.4) is 0 Å². The number of aromatic nitrogens is 2. The fraction of sp³-hybridized carbons (Fsp3) is 0.800. The van der Waals surface area contributed by atoms with Crippen LogP contribution in [0.25, 0.3) is 0 Å². The van der Waals surface area contributed by atoms with Gasteiger partial charge < -0.3 is 9.88 Å². The average molecular weight is 247 g/mol. The van der Waals surface area contributed by atoms with Gasteiger partial charge in [0.25, 0.3) is 0 Å². The van der Waals surface area contributed by atoms with E-state index < -0.39 is 0 Å². The molecular formula is C15H25N3. The number of nitrogens with zero attached hydrogens (tertiary/aromatic N) is 2. The van der Waals surface area contributed by atoms with Crippen molar-refractivity contribution in [1.29, 1.82) is 0 Å². The summed E-state index contributed by atoms with van der Waals surface area (Å²) in [6.07, 6.45) is 8.00. The van der Waals surface area contributed by atoms with Gasteiger partial charge >= 0.3 is 0 Å². The summed E-state index contributed by atoms with van der Waals surface area (Å²) < 4.78 is 2.10. The number of fused-ring (bicyclic) bond motifs is 2. The largest absolute Gasteiger partial charge is 0.337 e. The van der Waals surface area contributed by atoms with Gasteiger partial charge in [0.15, 0.2) is 0 Å². The Labute approximate surface area is 110 Å². The molecule has 2 aliphatic carbocycles. The smallest absolute Gasteiger partial charge is 0.0945 e. The third kappa shape index (κ3) is 1.49. The predicted molar refractivity (Wildman–Crippen MR) is 73.1 cm³/mol. The quantitative estimate of drug-likeness (QED) is 0.890. The van der Waals surface area contributed by atoms with Crippen molar-refractivity contribution in [3.63, 3.8) is 0 Å². The fourth-order valence-corrected chi connectivity index (χ4v) is 4.30. The van der Waals surface area contributed by atoms with E-state index in [0.29, 0.717) is 16.9 Å². The normalized spacial score (nSPS) is 37.3. The van der Waals surface area contributed by atoms with Crippen LogP contribution in [0.2, 0.25) is 0 Å². The summed E-state index contributed by atoms with van der Waals surface area (Å²) >= 11 is 0. The van der Waals surface area contributed by atoms with E-state index in [4.69, 9.17) is 0 Å². The molecule has 0 radical (unpaired) electrons. The third-order valence-electron chi connectivity index (χ3n) is 6.24. The molecule has 2 bridgehead atoms. The van der Waals surface area contributed by atoms with Crippen molar-refractivity contribution in [3.05, 3.63) is 18.2 Å². The minimum absolute atomic E-state index is 0.469. The highest BCUT2D eigenvalue weighted by molar-refractivity contribution is 5.13. The Morgan fingerprint density at radius 1 is 1.44 bits per heavy atom. The first-order valence-corrected chi connectivity index (χ1v) is 7.14. The zero-order chi connectivity index (χ0) is 13.0. The van der Waals surface area contributed by atoms with E-state index in [1.807, 2.05) is 12.5 Å². The first-order chi connectivity index (χ1) is 8.45. The molecule has 0 amide bonds. The van der Waals surface area contributed by atoms with Crippen LogP contribution in [-0.4, -0.2) is 15.6 Å². The van der Waals surface area contributed by atoms with Crippen LogP contribution in [0, 0.1) is 16.7 Å². The number of hydrogen-bond acceptors (Lipinski definition) is 2. The number of nitrogens with one attached hydrogen (secondary N) is 1. The zero-order valence-corrected chi connectivity index (χ0v) is 12.0. The summed E-state index contributed by atoms with van der Waals surface area (Å²) in [7, 11) is 2.07. The van der Waals surface area contributed by atoms with Crippen LogP contribution in [0.4, 0.5) is 0 Å². The summed E-state index contributed by atoms with van der Waals surface area (Å²) in [6.45, 7) is 8.37. The van der Waals surface area contributed by atoms with Crippen molar-refractivity contribution in [1.82, 2.24) is 14.9 Å². The number of rotatable bonds is 3. The molecule has 100 valence electrons. The van der Waals surface area contributed by atoms with Gasteiger partial charge in [-0.05, 0) is 36.0 Å². The fourth-order valence-electron chi connectivity index (χ4n) is 4.30. The van der Waals surface area contributed by atoms with Gasteiger partial charge in [0.1, 0.15) is 0 Å². The molecule has 1 N–H and O–H groups in total. The van der Waals surface area contributed by atoms with Crippen molar-refractivity contribution >= 4 is 0 Å². The van der Waals surface area contributed by atoms with Crippen LogP contribution in [-0.2, 0) is 13.6 Å². The summed E-state index contributed by atoms with van der Waals surface area (Å²) in [5.74, 6) is 0.909. The van der Waals surface area contributed by atoms with Gasteiger partial charge in [0.2, 0.25) is 0 Å². The van der Waals surface area contributed by atoms with Crippen molar-refractivity contribution in [2.45, 2.75) is 52.6 Å². The minimum Gasteiger partial charge on any atom is -0.337 e. The summed E-state index contributed by atoms with van der Waals surface area (Å²) in [4.78, 5) is 4.18. The highest BCUT2D eigenvalue weighted by Gasteiger charge is 2.60. The first kappa shape index (κ1) is 12.2. The molecule has 1 aromatic rings. The summed E-state index contributed by atoms with van der Waals surface area (Å²) in [5, 5.41) is 3.79. The molecule has 3 heteroatoms. The highest BCUT2D eigenvalue weighted by atomic mass is 15.1. The molecule has 3 nitrogen and oxygen atoms in total. The minimum atomic E-state index is 0.469.